The summed E-state index contributed by atoms with van der Waals surface area (Å²) in [5.41, 5.74) is 6.10. The topological polar surface area (TPSA) is 41.5 Å². The average molecular weight is 264 g/mol. The van der Waals surface area contributed by atoms with Crippen LogP contribution < -0.4 is 5.32 Å². The summed E-state index contributed by atoms with van der Waals surface area (Å²) in [5.74, 6) is -0.0720. The lowest BCUT2D eigenvalue weighted by molar-refractivity contribution is -0.114. The van der Waals surface area contributed by atoms with Gasteiger partial charge in [-0.25, -0.2) is 0 Å². The van der Waals surface area contributed by atoms with Gasteiger partial charge in [0.1, 0.15) is 6.54 Å². The zero-order chi connectivity index (χ0) is 14.1. The molecule has 0 saturated carbocycles. The fourth-order valence-corrected chi connectivity index (χ4v) is 2.35. The second-order valence-corrected chi connectivity index (χ2v) is 5.13. The van der Waals surface area contributed by atoms with Gasteiger partial charge in [0.25, 0.3) is 0 Å². The molecule has 0 saturated heterocycles. The number of hydrogen-bond donors (Lipinski definition) is 1. The zero-order valence-corrected chi connectivity index (χ0v) is 11.6. The molecular weight excluding hydrogens is 248 g/mol. The number of carbonyl (C=O) groups excluding carboxylic acids is 1. The highest BCUT2D eigenvalue weighted by molar-refractivity contribution is 6.19. The second-order valence-electron chi connectivity index (χ2n) is 5.13. The van der Waals surface area contributed by atoms with Crippen molar-refractivity contribution in [2.45, 2.75) is 13.8 Å². The fraction of sp³-hybridized carbons (Fsp3) is 0.176. The SMILES string of the molecule is Cc1ccc(C2=NCC(=O)Nc3ccc(C)cc32)cc1. The third-order valence-corrected chi connectivity index (χ3v) is 3.41. The molecule has 100 valence electrons. The van der Waals surface area contributed by atoms with Crippen LogP contribution in [-0.2, 0) is 4.79 Å². The molecule has 0 atom stereocenters. The van der Waals surface area contributed by atoms with E-state index in [-0.39, 0.29) is 12.5 Å². The van der Waals surface area contributed by atoms with E-state index < -0.39 is 0 Å². The molecular formula is C17H16N2O. The Kier molecular flexibility index (Phi) is 3.11. The molecule has 3 heteroatoms. The summed E-state index contributed by atoms with van der Waals surface area (Å²) in [7, 11) is 0. The second kappa shape index (κ2) is 4.93. The van der Waals surface area contributed by atoms with E-state index in [1.807, 2.05) is 19.1 Å². The van der Waals surface area contributed by atoms with E-state index in [1.165, 1.54) is 5.56 Å². The number of nitrogens with one attached hydrogen (secondary N) is 1. The average Bonchev–Trinajstić information content (AvgIpc) is 2.58. The highest BCUT2D eigenvalue weighted by Gasteiger charge is 2.17. The van der Waals surface area contributed by atoms with Crippen molar-refractivity contribution < 1.29 is 4.79 Å². The Morgan fingerprint density at radius 3 is 2.45 bits per heavy atom. The summed E-state index contributed by atoms with van der Waals surface area (Å²) in [6, 6.07) is 14.2. The number of rotatable bonds is 1. The third kappa shape index (κ3) is 2.35. The van der Waals surface area contributed by atoms with Crippen molar-refractivity contribution in [3.05, 3.63) is 64.7 Å². The quantitative estimate of drug-likeness (QED) is 0.845. The van der Waals surface area contributed by atoms with Gasteiger partial charge in [0.05, 0.1) is 11.4 Å². The minimum absolute atomic E-state index is 0.0720. The van der Waals surface area contributed by atoms with Crippen LogP contribution in [0.1, 0.15) is 22.3 Å². The van der Waals surface area contributed by atoms with E-state index in [0.717, 1.165) is 28.1 Å². The van der Waals surface area contributed by atoms with Gasteiger partial charge in [0.2, 0.25) is 5.91 Å². The minimum atomic E-state index is -0.0720. The number of nitrogens with zero attached hydrogens (tertiary/aromatic N) is 1. The summed E-state index contributed by atoms with van der Waals surface area (Å²) in [5, 5.41) is 2.91. The molecule has 3 rings (SSSR count). The smallest absolute Gasteiger partial charge is 0.246 e. The third-order valence-electron chi connectivity index (χ3n) is 3.41. The van der Waals surface area contributed by atoms with Gasteiger partial charge in [0.15, 0.2) is 0 Å². The highest BCUT2D eigenvalue weighted by atomic mass is 16.1. The maximum atomic E-state index is 11.7. The molecule has 1 aliphatic heterocycles. The van der Waals surface area contributed by atoms with Crippen LogP contribution in [0.15, 0.2) is 47.5 Å². The normalized spacial score (nSPS) is 14.1. The molecule has 0 radical (unpaired) electrons. The number of benzodiazepines with no additional fused rings is 1. The number of aliphatic imine (C=N–C) groups is 1. The number of benzene rings is 2. The molecule has 1 heterocycles. The molecule has 1 amide bonds. The summed E-state index contributed by atoms with van der Waals surface area (Å²) >= 11 is 0. The number of hydrogen-bond acceptors (Lipinski definition) is 2. The van der Waals surface area contributed by atoms with Crippen molar-refractivity contribution in [2.24, 2.45) is 4.99 Å². The number of carbonyl (C=O) groups is 1. The lowest BCUT2D eigenvalue weighted by Crippen LogP contribution is -2.13. The lowest BCUT2D eigenvalue weighted by atomic mass is 9.98. The summed E-state index contributed by atoms with van der Waals surface area (Å²) in [6.07, 6.45) is 0. The molecule has 20 heavy (non-hydrogen) atoms. The van der Waals surface area contributed by atoms with E-state index in [9.17, 15) is 4.79 Å². The Hall–Kier alpha value is -2.42. The Morgan fingerprint density at radius 1 is 1.00 bits per heavy atom. The van der Waals surface area contributed by atoms with Crippen LogP contribution in [-0.4, -0.2) is 18.2 Å². The van der Waals surface area contributed by atoms with Crippen LogP contribution in [0.2, 0.25) is 0 Å². The van der Waals surface area contributed by atoms with Crippen molar-refractivity contribution in [1.82, 2.24) is 0 Å². The Balaban J connectivity index is 2.17. The first-order valence-corrected chi connectivity index (χ1v) is 6.66. The molecule has 0 bridgehead atoms. The van der Waals surface area contributed by atoms with Crippen molar-refractivity contribution in [1.29, 1.82) is 0 Å². The minimum Gasteiger partial charge on any atom is -0.324 e. The van der Waals surface area contributed by atoms with Crippen LogP contribution in [0.4, 0.5) is 5.69 Å². The van der Waals surface area contributed by atoms with Crippen molar-refractivity contribution in [3.63, 3.8) is 0 Å². The van der Waals surface area contributed by atoms with Crippen LogP contribution in [0.25, 0.3) is 0 Å². The van der Waals surface area contributed by atoms with Gasteiger partial charge in [-0.05, 0) is 26.0 Å². The monoisotopic (exact) mass is 264 g/mol. The van der Waals surface area contributed by atoms with Gasteiger partial charge in [-0.3, -0.25) is 9.79 Å². The van der Waals surface area contributed by atoms with E-state index in [2.05, 4.69) is 47.6 Å². The van der Waals surface area contributed by atoms with Crippen molar-refractivity contribution in [2.75, 3.05) is 11.9 Å². The fourth-order valence-electron chi connectivity index (χ4n) is 2.35. The van der Waals surface area contributed by atoms with Crippen LogP contribution >= 0.6 is 0 Å². The molecule has 1 aliphatic rings. The Bertz CT molecular complexity index is 699. The van der Waals surface area contributed by atoms with E-state index >= 15 is 0 Å². The predicted octanol–water partition coefficient (Wildman–Crippen LogP) is 3.09. The molecule has 0 spiro atoms. The molecule has 0 aliphatic carbocycles. The van der Waals surface area contributed by atoms with Gasteiger partial charge in [0, 0.05) is 11.1 Å². The molecule has 0 unspecified atom stereocenters. The first-order valence-electron chi connectivity index (χ1n) is 6.66. The van der Waals surface area contributed by atoms with Gasteiger partial charge in [-0.2, -0.15) is 0 Å². The molecule has 2 aromatic carbocycles. The molecule has 1 N–H and O–H groups in total. The molecule has 0 fully saturated rings. The number of amides is 1. The van der Waals surface area contributed by atoms with Gasteiger partial charge >= 0.3 is 0 Å². The first-order chi connectivity index (χ1) is 9.63. The number of aryl methyl sites for hydroxylation is 2. The van der Waals surface area contributed by atoms with Gasteiger partial charge in [-0.15, -0.1) is 0 Å². The molecule has 0 aromatic heterocycles. The maximum absolute atomic E-state index is 11.7. The Morgan fingerprint density at radius 2 is 1.70 bits per heavy atom. The Labute approximate surface area is 118 Å². The van der Waals surface area contributed by atoms with E-state index in [4.69, 9.17) is 0 Å². The van der Waals surface area contributed by atoms with Crippen molar-refractivity contribution >= 4 is 17.3 Å². The highest BCUT2D eigenvalue weighted by Crippen LogP contribution is 2.24. The maximum Gasteiger partial charge on any atom is 0.246 e. The van der Waals surface area contributed by atoms with Crippen molar-refractivity contribution in [3.8, 4) is 0 Å². The van der Waals surface area contributed by atoms with E-state index in [1.54, 1.807) is 0 Å². The van der Waals surface area contributed by atoms with Crippen LogP contribution in [0, 0.1) is 13.8 Å². The van der Waals surface area contributed by atoms with Crippen LogP contribution in [0.5, 0.6) is 0 Å². The van der Waals surface area contributed by atoms with Gasteiger partial charge < -0.3 is 5.32 Å². The lowest BCUT2D eigenvalue weighted by Gasteiger charge is -2.11. The van der Waals surface area contributed by atoms with E-state index in [0.29, 0.717) is 0 Å². The van der Waals surface area contributed by atoms with Crippen LogP contribution in [0.3, 0.4) is 0 Å². The summed E-state index contributed by atoms with van der Waals surface area (Å²) in [6.45, 7) is 4.26. The molecule has 3 nitrogen and oxygen atoms in total. The standard InChI is InChI=1S/C17H16N2O/c1-11-3-6-13(7-4-11)17-14-9-12(2)5-8-15(14)19-16(20)10-18-17/h3-9H,10H2,1-2H3,(H,19,20). The number of anilines is 1. The number of fused-ring (bicyclic) bond motifs is 1. The summed E-state index contributed by atoms with van der Waals surface area (Å²) < 4.78 is 0. The summed E-state index contributed by atoms with van der Waals surface area (Å²) in [4.78, 5) is 16.2. The first kappa shape index (κ1) is 12.6. The van der Waals surface area contributed by atoms with Gasteiger partial charge in [-0.1, -0.05) is 41.5 Å². The largest absolute Gasteiger partial charge is 0.324 e. The zero-order valence-electron chi connectivity index (χ0n) is 11.6. The molecule has 2 aromatic rings. The predicted molar refractivity (Wildman–Crippen MR) is 81.5 cm³/mol.